The molecule has 0 fully saturated rings. The summed E-state index contributed by atoms with van der Waals surface area (Å²) in [5, 5.41) is 7.15. The van der Waals surface area contributed by atoms with Crippen molar-refractivity contribution in [2.75, 3.05) is 0 Å². The van der Waals surface area contributed by atoms with Crippen molar-refractivity contribution in [2.45, 2.75) is 25.8 Å². The van der Waals surface area contributed by atoms with Crippen molar-refractivity contribution in [3.05, 3.63) is 72.4 Å². The highest BCUT2D eigenvalue weighted by Crippen LogP contribution is 2.19. The van der Waals surface area contributed by atoms with Gasteiger partial charge in [0.05, 0.1) is 6.04 Å². The van der Waals surface area contributed by atoms with Gasteiger partial charge in [0, 0.05) is 11.8 Å². The summed E-state index contributed by atoms with van der Waals surface area (Å²) in [6, 6.07) is 13.4. The normalized spacial score (nSPS) is 11.9. The van der Waals surface area contributed by atoms with Crippen molar-refractivity contribution in [3.63, 3.8) is 0 Å². The lowest BCUT2D eigenvalue weighted by Crippen LogP contribution is -2.28. The summed E-state index contributed by atoms with van der Waals surface area (Å²) in [6.07, 6.45) is 6.45. The first-order chi connectivity index (χ1) is 11.8. The minimum atomic E-state index is -0.124. The van der Waals surface area contributed by atoms with Gasteiger partial charge in [-0.3, -0.25) is 4.79 Å². The molecule has 1 aromatic carbocycles. The van der Waals surface area contributed by atoms with Crippen LogP contribution in [0.15, 0.2) is 61.3 Å². The third-order valence-corrected chi connectivity index (χ3v) is 3.75. The fraction of sp³-hybridized carbons (Fsp3) is 0.222. The van der Waals surface area contributed by atoms with E-state index in [4.69, 9.17) is 0 Å². The molecule has 1 amide bonds. The third-order valence-electron chi connectivity index (χ3n) is 3.75. The molecule has 0 unspecified atom stereocenters. The number of carbonyl (C=O) groups excluding carboxylic acids is 1. The lowest BCUT2D eigenvalue weighted by molar-refractivity contribution is 0.0934. The molecule has 0 bridgehead atoms. The predicted molar refractivity (Wildman–Crippen MR) is 90.7 cm³/mol. The lowest BCUT2D eigenvalue weighted by Gasteiger charge is -2.18. The van der Waals surface area contributed by atoms with Gasteiger partial charge in [0.2, 0.25) is 0 Å². The Labute approximate surface area is 140 Å². The topological polar surface area (TPSA) is 72.7 Å². The number of carbonyl (C=O) groups is 1. The van der Waals surface area contributed by atoms with Crippen molar-refractivity contribution < 1.29 is 4.79 Å². The summed E-state index contributed by atoms with van der Waals surface area (Å²) in [5.74, 6) is 0.438. The molecule has 0 saturated carbocycles. The summed E-state index contributed by atoms with van der Waals surface area (Å²) in [4.78, 5) is 20.8. The van der Waals surface area contributed by atoms with Crippen LogP contribution >= 0.6 is 0 Å². The van der Waals surface area contributed by atoms with Gasteiger partial charge in [0.15, 0.2) is 5.82 Å². The molecule has 6 heteroatoms. The first-order valence-electron chi connectivity index (χ1n) is 7.95. The molecule has 0 aliphatic rings. The van der Waals surface area contributed by atoms with Crippen LogP contribution in [0.5, 0.6) is 0 Å². The van der Waals surface area contributed by atoms with E-state index in [1.165, 1.54) is 11.0 Å². The minimum Gasteiger partial charge on any atom is -0.345 e. The number of benzene rings is 1. The zero-order valence-electron chi connectivity index (χ0n) is 13.5. The molecule has 24 heavy (non-hydrogen) atoms. The van der Waals surface area contributed by atoms with Crippen molar-refractivity contribution in [1.29, 1.82) is 0 Å². The molecular weight excluding hydrogens is 302 g/mol. The average Bonchev–Trinajstić information content (AvgIpc) is 3.17. The van der Waals surface area contributed by atoms with E-state index >= 15 is 0 Å². The highest BCUT2D eigenvalue weighted by molar-refractivity contribution is 5.94. The zero-order valence-corrected chi connectivity index (χ0v) is 13.5. The van der Waals surface area contributed by atoms with E-state index in [0.29, 0.717) is 11.4 Å². The second-order valence-electron chi connectivity index (χ2n) is 5.47. The second kappa shape index (κ2) is 7.50. The Morgan fingerprint density at radius 1 is 1.25 bits per heavy atom. The van der Waals surface area contributed by atoms with Crippen LogP contribution in [0.1, 0.15) is 41.7 Å². The Bertz CT molecular complexity index is 786. The molecule has 0 radical (unpaired) electrons. The fourth-order valence-electron chi connectivity index (χ4n) is 2.55. The monoisotopic (exact) mass is 321 g/mol. The molecule has 122 valence electrons. The highest BCUT2D eigenvalue weighted by Gasteiger charge is 2.15. The maximum Gasteiger partial charge on any atom is 0.251 e. The number of hydrogen-bond donors (Lipinski definition) is 1. The third kappa shape index (κ3) is 3.65. The number of nitrogens with zero attached hydrogens (tertiary/aromatic N) is 4. The van der Waals surface area contributed by atoms with E-state index in [1.54, 1.807) is 24.7 Å². The van der Waals surface area contributed by atoms with Crippen LogP contribution in [-0.4, -0.2) is 25.7 Å². The summed E-state index contributed by atoms with van der Waals surface area (Å²) in [7, 11) is 0. The first-order valence-corrected chi connectivity index (χ1v) is 7.95. The molecule has 0 saturated heterocycles. The molecule has 3 aromatic rings. The van der Waals surface area contributed by atoms with Gasteiger partial charge in [-0.2, -0.15) is 5.10 Å². The van der Waals surface area contributed by atoms with Gasteiger partial charge in [-0.1, -0.05) is 43.7 Å². The number of aromatic nitrogens is 4. The second-order valence-corrected chi connectivity index (χ2v) is 5.47. The summed E-state index contributed by atoms with van der Waals surface area (Å²) < 4.78 is 1.53. The molecule has 6 nitrogen and oxygen atoms in total. The van der Waals surface area contributed by atoms with Crippen LogP contribution < -0.4 is 5.32 Å². The Morgan fingerprint density at radius 3 is 2.79 bits per heavy atom. The van der Waals surface area contributed by atoms with E-state index < -0.39 is 0 Å². The molecule has 1 N–H and O–H groups in total. The molecule has 0 spiro atoms. The number of pyridine rings is 1. The minimum absolute atomic E-state index is 0.00770. The van der Waals surface area contributed by atoms with Crippen molar-refractivity contribution in [1.82, 2.24) is 25.1 Å². The Kier molecular flexibility index (Phi) is 4.96. The fourth-order valence-corrected chi connectivity index (χ4v) is 2.55. The van der Waals surface area contributed by atoms with Crippen LogP contribution in [-0.2, 0) is 0 Å². The van der Waals surface area contributed by atoms with Gasteiger partial charge >= 0.3 is 0 Å². The number of rotatable bonds is 6. The molecule has 0 aliphatic heterocycles. The summed E-state index contributed by atoms with van der Waals surface area (Å²) >= 11 is 0. The molecule has 3 rings (SSSR count). The van der Waals surface area contributed by atoms with Crippen LogP contribution in [0, 0.1) is 0 Å². The summed E-state index contributed by atoms with van der Waals surface area (Å²) in [5.41, 5.74) is 1.66. The van der Waals surface area contributed by atoms with Crippen LogP contribution in [0.25, 0.3) is 5.82 Å². The maximum absolute atomic E-state index is 12.6. The first kappa shape index (κ1) is 15.9. The Hall–Kier alpha value is -3.02. The average molecular weight is 321 g/mol. The van der Waals surface area contributed by atoms with Gasteiger partial charge in [-0.05, 0) is 24.1 Å². The predicted octanol–water partition coefficient (Wildman–Crippen LogP) is 2.93. The molecule has 1 atom stereocenters. The van der Waals surface area contributed by atoms with Crippen LogP contribution in [0.4, 0.5) is 0 Å². The highest BCUT2D eigenvalue weighted by atomic mass is 16.1. The number of hydrogen-bond acceptors (Lipinski definition) is 4. The van der Waals surface area contributed by atoms with E-state index in [2.05, 4.69) is 27.3 Å². The maximum atomic E-state index is 12.6. The van der Waals surface area contributed by atoms with E-state index in [9.17, 15) is 4.79 Å². The molecule has 2 heterocycles. The van der Waals surface area contributed by atoms with E-state index in [1.807, 2.05) is 30.3 Å². The van der Waals surface area contributed by atoms with Crippen molar-refractivity contribution in [2.24, 2.45) is 0 Å². The lowest BCUT2D eigenvalue weighted by atomic mass is 10.0. The van der Waals surface area contributed by atoms with Gasteiger partial charge in [-0.15, -0.1) is 0 Å². The molecule has 0 aliphatic carbocycles. The van der Waals surface area contributed by atoms with Gasteiger partial charge in [-0.25, -0.2) is 14.6 Å². The van der Waals surface area contributed by atoms with Gasteiger partial charge < -0.3 is 5.32 Å². The Balaban J connectivity index is 1.79. The van der Waals surface area contributed by atoms with Crippen molar-refractivity contribution in [3.8, 4) is 5.82 Å². The quantitative estimate of drug-likeness (QED) is 0.757. The number of nitrogens with one attached hydrogen (secondary N) is 1. The van der Waals surface area contributed by atoms with E-state index in [-0.39, 0.29) is 11.9 Å². The molecular formula is C18H19N5O. The standard InChI is InChI=1S/C18H19N5O/c1-2-6-16(14-7-4-3-5-8-14)22-18(24)15-9-10-20-17(11-15)23-13-19-12-21-23/h3-5,7-13,16H,2,6H2,1H3,(H,22,24)/t16-/m0/s1. The SMILES string of the molecule is CCC[C@H](NC(=O)c1ccnc(-n2cncn2)c1)c1ccccc1. The Morgan fingerprint density at radius 2 is 2.08 bits per heavy atom. The zero-order chi connectivity index (χ0) is 16.8. The number of amides is 1. The summed E-state index contributed by atoms with van der Waals surface area (Å²) in [6.45, 7) is 2.11. The molecule has 2 aromatic heterocycles. The van der Waals surface area contributed by atoms with Gasteiger partial charge in [0.25, 0.3) is 5.91 Å². The van der Waals surface area contributed by atoms with Crippen LogP contribution in [0.2, 0.25) is 0 Å². The van der Waals surface area contributed by atoms with Crippen molar-refractivity contribution >= 4 is 5.91 Å². The largest absolute Gasteiger partial charge is 0.345 e. The van der Waals surface area contributed by atoms with Crippen LogP contribution in [0.3, 0.4) is 0 Å². The smallest absolute Gasteiger partial charge is 0.251 e. The van der Waals surface area contributed by atoms with Gasteiger partial charge in [0.1, 0.15) is 12.7 Å². The van der Waals surface area contributed by atoms with E-state index in [0.717, 1.165) is 18.4 Å².